The Bertz CT molecular complexity index is 366. The molecule has 1 aromatic rings. The zero-order valence-corrected chi connectivity index (χ0v) is 12.4. The highest BCUT2D eigenvalue weighted by Crippen LogP contribution is 2.38. The first-order chi connectivity index (χ1) is 8.10. The summed E-state index contributed by atoms with van der Waals surface area (Å²) in [5, 5.41) is 1.21. The molecule has 0 aromatic heterocycles. The van der Waals surface area contributed by atoms with Gasteiger partial charge in [-0.2, -0.15) is 0 Å². The van der Waals surface area contributed by atoms with Crippen LogP contribution in [0.3, 0.4) is 0 Å². The predicted molar refractivity (Wildman–Crippen MR) is 76.0 cm³/mol. The molecule has 0 bridgehead atoms. The molecule has 1 aromatic carbocycles. The minimum absolute atomic E-state index is 0.288. The van der Waals surface area contributed by atoms with Crippen molar-refractivity contribution in [2.75, 3.05) is 12.5 Å². The molecule has 0 radical (unpaired) electrons. The van der Waals surface area contributed by atoms with Crippen molar-refractivity contribution < 1.29 is 4.74 Å². The van der Waals surface area contributed by atoms with Gasteiger partial charge in [0.1, 0.15) is 5.75 Å². The number of hydrogen-bond acceptors (Lipinski definition) is 1. The van der Waals surface area contributed by atoms with Gasteiger partial charge in [-0.25, -0.2) is 0 Å². The first kappa shape index (κ1) is 14.9. The van der Waals surface area contributed by atoms with E-state index >= 15 is 0 Å². The van der Waals surface area contributed by atoms with Crippen molar-refractivity contribution in [1.29, 1.82) is 0 Å². The number of benzene rings is 1. The van der Waals surface area contributed by atoms with Crippen LogP contribution in [0.4, 0.5) is 0 Å². The molecule has 0 saturated heterocycles. The predicted octanol–water partition coefficient (Wildman–Crippen LogP) is 5.51. The molecule has 0 fully saturated rings. The van der Waals surface area contributed by atoms with E-state index in [0.29, 0.717) is 22.5 Å². The quantitative estimate of drug-likeness (QED) is 0.628. The first-order valence-corrected chi connectivity index (χ1v) is 7.06. The summed E-state index contributed by atoms with van der Waals surface area (Å²) in [6, 6.07) is 3.63. The van der Waals surface area contributed by atoms with Crippen LogP contribution in [0.15, 0.2) is 12.1 Å². The average molecular weight is 296 g/mol. The van der Waals surface area contributed by atoms with Crippen LogP contribution in [-0.2, 0) is 0 Å². The van der Waals surface area contributed by atoms with Gasteiger partial charge in [0.25, 0.3) is 0 Å². The SMILES string of the molecule is CCCOc1c(Cl)cc(Cl)cc1C(C)CCCl. The molecule has 0 aliphatic heterocycles. The summed E-state index contributed by atoms with van der Waals surface area (Å²) in [5.41, 5.74) is 1.04. The molecule has 0 saturated carbocycles. The maximum atomic E-state index is 6.17. The Kier molecular flexibility index (Phi) is 6.47. The van der Waals surface area contributed by atoms with E-state index in [1.807, 2.05) is 6.07 Å². The van der Waals surface area contributed by atoms with Gasteiger partial charge in [-0.3, -0.25) is 0 Å². The summed E-state index contributed by atoms with van der Waals surface area (Å²) >= 11 is 18.0. The van der Waals surface area contributed by atoms with Gasteiger partial charge in [0.05, 0.1) is 11.6 Å². The molecule has 4 heteroatoms. The highest BCUT2D eigenvalue weighted by Gasteiger charge is 2.16. The lowest BCUT2D eigenvalue weighted by atomic mass is 9.97. The minimum atomic E-state index is 0.288. The number of ether oxygens (including phenoxy) is 1. The van der Waals surface area contributed by atoms with Gasteiger partial charge in [-0.05, 0) is 30.9 Å². The molecule has 0 heterocycles. The highest BCUT2D eigenvalue weighted by atomic mass is 35.5. The molecule has 1 rings (SSSR count). The fourth-order valence-electron chi connectivity index (χ4n) is 1.62. The Morgan fingerprint density at radius 3 is 2.59 bits per heavy atom. The Hall–Kier alpha value is -0.110. The van der Waals surface area contributed by atoms with E-state index in [1.54, 1.807) is 6.07 Å². The summed E-state index contributed by atoms with van der Waals surface area (Å²) in [5.74, 6) is 1.64. The van der Waals surface area contributed by atoms with E-state index in [0.717, 1.165) is 24.2 Å². The van der Waals surface area contributed by atoms with Crippen LogP contribution in [0, 0.1) is 0 Å². The van der Waals surface area contributed by atoms with E-state index < -0.39 is 0 Å². The number of rotatable bonds is 6. The Balaban J connectivity index is 3.05. The molecule has 0 N–H and O–H groups in total. The molecule has 1 atom stereocenters. The normalized spacial score (nSPS) is 12.5. The smallest absolute Gasteiger partial charge is 0.141 e. The van der Waals surface area contributed by atoms with Crippen LogP contribution in [-0.4, -0.2) is 12.5 Å². The second-order valence-electron chi connectivity index (χ2n) is 4.03. The first-order valence-electron chi connectivity index (χ1n) is 5.77. The lowest BCUT2D eigenvalue weighted by Crippen LogP contribution is -2.03. The van der Waals surface area contributed by atoms with Crippen molar-refractivity contribution in [3.8, 4) is 5.75 Å². The Morgan fingerprint density at radius 2 is 2.00 bits per heavy atom. The molecule has 17 heavy (non-hydrogen) atoms. The van der Waals surface area contributed by atoms with Crippen molar-refractivity contribution in [3.63, 3.8) is 0 Å². The zero-order valence-electron chi connectivity index (χ0n) is 10.1. The fourth-order valence-corrected chi connectivity index (χ4v) is 2.51. The molecule has 96 valence electrons. The molecule has 1 nitrogen and oxygen atoms in total. The maximum Gasteiger partial charge on any atom is 0.141 e. The summed E-state index contributed by atoms with van der Waals surface area (Å²) in [7, 11) is 0. The third-order valence-corrected chi connectivity index (χ3v) is 3.28. The van der Waals surface area contributed by atoms with Gasteiger partial charge in [0.15, 0.2) is 0 Å². The maximum absolute atomic E-state index is 6.17. The van der Waals surface area contributed by atoms with Gasteiger partial charge in [0.2, 0.25) is 0 Å². The van der Waals surface area contributed by atoms with Crippen molar-refractivity contribution in [1.82, 2.24) is 0 Å². The van der Waals surface area contributed by atoms with Crippen LogP contribution < -0.4 is 4.74 Å². The van der Waals surface area contributed by atoms with E-state index in [9.17, 15) is 0 Å². The summed E-state index contributed by atoms with van der Waals surface area (Å²) in [4.78, 5) is 0. The summed E-state index contributed by atoms with van der Waals surface area (Å²) in [6.07, 6.45) is 1.82. The summed E-state index contributed by atoms with van der Waals surface area (Å²) < 4.78 is 5.71. The fraction of sp³-hybridized carbons (Fsp3) is 0.538. The highest BCUT2D eigenvalue weighted by molar-refractivity contribution is 6.35. The van der Waals surface area contributed by atoms with Crippen LogP contribution in [0.2, 0.25) is 10.0 Å². The van der Waals surface area contributed by atoms with Crippen LogP contribution in [0.25, 0.3) is 0 Å². The monoisotopic (exact) mass is 294 g/mol. The third kappa shape index (κ3) is 4.24. The van der Waals surface area contributed by atoms with Crippen LogP contribution in [0.5, 0.6) is 5.75 Å². The molecular formula is C13H17Cl3O. The van der Waals surface area contributed by atoms with Crippen molar-refractivity contribution >= 4 is 34.8 Å². The Labute approximate surface area is 118 Å². The standard InChI is InChI=1S/C13H17Cl3O/c1-3-6-17-13-11(9(2)4-5-14)7-10(15)8-12(13)16/h7-9H,3-6H2,1-2H3. The topological polar surface area (TPSA) is 9.23 Å². The van der Waals surface area contributed by atoms with Crippen LogP contribution in [0.1, 0.15) is 38.2 Å². The molecule has 0 aliphatic carbocycles. The second-order valence-corrected chi connectivity index (χ2v) is 5.25. The molecule has 0 aliphatic rings. The van der Waals surface area contributed by atoms with Gasteiger partial charge in [0, 0.05) is 16.5 Å². The van der Waals surface area contributed by atoms with E-state index in [1.165, 1.54) is 0 Å². The van der Waals surface area contributed by atoms with Crippen molar-refractivity contribution in [2.45, 2.75) is 32.6 Å². The van der Waals surface area contributed by atoms with Gasteiger partial charge in [-0.1, -0.05) is 37.0 Å². The van der Waals surface area contributed by atoms with E-state index in [-0.39, 0.29) is 5.92 Å². The zero-order chi connectivity index (χ0) is 12.8. The molecule has 0 spiro atoms. The largest absolute Gasteiger partial charge is 0.492 e. The van der Waals surface area contributed by atoms with Crippen LogP contribution >= 0.6 is 34.8 Å². The van der Waals surface area contributed by atoms with Crippen molar-refractivity contribution in [3.05, 3.63) is 27.7 Å². The van der Waals surface area contributed by atoms with Gasteiger partial charge < -0.3 is 4.74 Å². The minimum Gasteiger partial charge on any atom is -0.492 e. The third-order valence-electron chi connectivity index (χ3n) is 2.56. The Morgan fingerprint density at radius 1 is 1.29 bits per heavy atom. The number of hydrogen-bond donors (Lipinski definition) is 0. The van der Waals surface area contributed by atoms with Crippen molar-refractivity contribution in [2.24, 2.45) is 0 Å². The van der Waals surface area contributed by atoms with E-state index in [4.69, 9.17) is 39.5 Å². The lowest BCUT2D eigenvalue weighted by Gasteiger charge is -2.18. The van der Waals surface area contributed by atoms with E-state index in [2.05, 4.69) is 13.8 Å². The molecular weight excluding hydrogens is 279 g/mol. The number of halogens is 3. The number of alkyl halides is 1. The lowest BCUT2D eigenvalue weighted by molar-refractivity contribution is 0.312. The molecule has 1 unspecified atom stereocenters. The second kappa shape index (κ2) is 7.35. The summed E-state index contributed by atoms with van der Waals surface area (Å²) in [6.45, 7) is 4.82. The van der Waals surface area contributed by atoms with Gasteiger partial charge in [-0.15, -0.1) is 11.6 Å². The molecule has 0 amide bonds. The average Bonchev–Trinajstić information content (AvgIpc) is 2.27. The van der Waals surface area contributed by atoms with Gasteiger partial charge >= 0.3 is 0 Å².